The predicted molar refractivity (Wildman–Crippen MR) is 126 cm³/mol. The predicted octanol–water partition coefficient (Wildman–Crippen LogP) is 3.26. The molecule has 2 fully saturated rings. The molecule has 5 rings (SSSR count). The molecule has 0 aromatic carbocycles. The molecule has 1 saturated carbocycles. The van der Waals surface area contributed by atoms with Crippen LogP contribution < -0.4 is 4.74 Å². The number of pyridine rings is 2. The van der Waals surface area contributed by atoms with E-state index >= 15 is 0 Å². The summed E-state index contributed by atoms with van der Waals surface area (Å²) < 4.78 is 11.0. The summed E-state index contributed by atoms with van der Waals surface area (Å²) in [6, 6.07) is 7.50. The van der Waals surface area contributed by atoms with E-state index < -0.39 is 5.60 Å². The van der Waals surface area contributed by atoms with E-state index in [9.17, 15) is 9.59 Å². The molecule has 2 aliphatic heterocycles. The lowest BCUT2D eigenvalue weighted by molar-refractivity contribution is -0.137. The fourth-order valence-electron chi connectivity index (χ4n) is 5.50. The van der Waals surface area contributed by atoms with E-state index in [0.717, 1.165) is 37.3 Å². The van der Waals surface area contributed by atoms with Gasteiger partial charge in [0.15, 0.2) is 5.69 Å². The molecule has 3 aliphatic rings. The number of likely N-dealkylation sites (N-methyl/N-ethyl adjacent to an activating group) is 1. The lowest BCUT2D eigenvalue weighted by atomic mass is 9.75. The zero-order valence-electron chi connectivity index (χ0n) is 20.0. The van der Waals surface area contributed by atoms with Crippen molar-refractivity contribution in [3.05, 3.63) is 41.7 Å². The van der Waals surface area contributed by atoms with Gasteiger partial charge in [0.25, 0.3) is 0 Å². The van der Waals surface area contributed by atoms with Crippen molar-refractivity contribution in [3.63, 3.8) is 0 Å². The maximum absolute atomic E-state index is 13.0. The summed E-state index contributed by atoms with van der Waals surface area (Å²) in [6.07, 6.45) is 6.92. The summed E-state index contributed by atoms with van der Waals surface area (Å²) in [5.41, 5.74) is 2.04. The van der Waals surface area contributed by atoms with Crippen molar-refractivity contribution in [3.8, 4) is 17.1 Å². The average molecular weight is 465 g/mol. The van der Waals surface area contributed by atoms with Crippen LogP contribution in [0.4, 0.5) is 0 Å². The van der Waals surface area contributed by atoms with Crippen molar-refractivity contribution in [2.75, 3.05) is 40.3 Å². The van der Waals surface area contributed by atoms with Gasteiger partial charge < -0.3 is 19.3 Å². The Morgan fingerprint density at radius 2 is 1.97 bits per heavy atom. The molecule has 0 N–H and O–H groups in total. The lowest BCUT2D eigenvalue weighted by Gasteiger charge is -2.37. The second-order valence-electron chi connectivity index (χ2n) is 9.65. The van der Waals surface area contributed by atoms with Crippen molar-refractivity contribution < 1.29 is 19.1 Å². The molecule has 0 atom stereocenters. The number of fused-ring (bicyclic) bond motifs is 2. The molecule has 8 nitrogen and oxygen atoms in total. The average Bonchev–Trinajstić information content (AvgIpc) is 3.49. The minimum absolute atomic E-state index is 0.0189. The second-order valence-corrected chi connectivity index (χ2v) is 9.65. The number of ether oxygens (including phenoxy) is 2. The molecule has 0 bridgehead atoms. The molecule has 0 unspecified atom stereocenters. The summed E-state index contributed by atoms with van der Waals surface area (Å²) in [5, 5.41) is 0. The maximum atomic E-state index is 13.0. The van der Waals surface area contributed by atoms with Crippen molar-refractivity contribution in [1.29, 1.82) is 0 Å². The van der Waals surface area contributed by atoms with Crippen LogP contribution in [-0.2, 0) is 15.1 Å². The first-order valence-electron chi connectivity index (χ1n) is 12.2. The first-order valence-corrected chi connectivity index (χ1v) is 12.2. The molecule has 0 radical (unpaired) electrons. The summed E-state index contributed by atoms with van der Waals surface area (Å²) >= 11 is 0. The highest BCUT2D eigenvalue weighted by Gasteiger charge is 2.49. The van der Waals surface area contributed by atoms with Gasteiger partial charge in [-0.05, 0) is 63.7 Å². The minimum Gasteiger partial charge on any atom is -0.481 e. The Bertz CT molecular complexity index is 1060. The van der Waals surface area contributed by atoms with Gasteiger partial charge in [-0.3, -0.25) is 4.79 Å². The van der Waals surface area contributed by atoms with Gasteiger partial charge in [0.05, 0.1) is 12.8 Å². The van der Waals surface area contributed by atoms with E-state index in [1.165, 1.54) is 12.8 Å². The van der Waals surface area contributed by atoms with Crippen LogP contribution in [0.1, 0.15) is 54.6 Å². The number of hydrogen-bond acceptors (Lipinski definition) is 7. The third kappa shape index (κ3) is 4.27. The van der Waals surface area contributed by atoms with Crippen molar-refractivity contribution in [2.24, 2.45) is 5.92 Å². The van der Waals surface area contributed by atoms with Crippen LogP contribution >= 0.6 is 0 Å². The molecule has 1 saturated heterocycles. The number of likely N-dealkylation sites (tertiary alicyclic amines) is 1. The van der Waals surface area contributed by atoms with Gasteiger partial charge in [-0.2, -0.15) is 0 Å². The molecular weight excluding hydrogens is 432 g/mol. The number of hydrogen-bond donors (Lipinski definition) is 0. The number of aromatic nitrogens is 2. The van der Waals surface area contributed by atoms with Gasteiger partial charge in [-0.15, -0.1) is 0 Å². The summed E-state index contributed by atoms with van der Waals surface area (Å²) in [6.45, 7) is 4.00. The van der Waals surface area contributed by atoms with Gasteiger partial charge in [-0.25, -0.2) is 14.8 Å². The van der Waals surface area contributed by atoms with Crippen LogP contribution in [0, 0.1) is 5.92 Å². The second kappa shape index (κ2) is 9.33. The van der Waals surface area contributed by atoms with Crippen molar-refractivity contribution in [2.45, 2.75) is 44.1 Å². The van der Waals surface area contributed by atoms with Gasteiger partial charge in [0.1, 0.15) is 5.60 Å². The van der Waals surface area contributed by atoms with Crippen LogP contribution in [-0.4, -0.2) is 72.0 Å². The molecule has 1 amide bonds. The molecule has 1 spiro atoms. The van der Waals surface area contributed by atoms with Gasteiger partial charge in [-0.1, -0.05) is 6.07 Å². The third-order valence-electron chi connectivity index (χ3n) is 7.58. The monoisotopic (exact) mass is 464 g/mol. The first kappa shape index (κ1) is 22.8. The van der Waals surface area contributed by atoms with Crippen LogP contribution in [0.5, 0.6) is 5.88 Å². The van der Waals surface area contributed by atoms with E-state index in [2.05, 4.69) is 14.9 Å². The van der Waals surface area contributed by atoms with E-state index in [1.54, 1.807) is 19.4 Å². The first-order chi connectivity index (χ1) is 16.5. The van der Waals surface area contributed by atoms with E-state index in [1.807, 2.05) is 30.1 Å². The summed E-state index contributed by atoms with van der Waals surface area (Å²) in [5.74, 6) is 0.329. The number of nitrogens with zero attached hydrogens (tertiary/aromatic N) is 4. The smallest absolute Gasteiger partial charge is 0.358 e. The van der Waals surface area contributed by atoms with E-state index in [-0.39, 0.29) is 17.8 Å². The molecule has 34 heavy (non-hydrogen) atoms. The largest absolute Gasteiger partial charge is 0.481 e. The van der Waals surface area contributed by atoms with E-state index in [0.29, 0.717) is 43.0 Å². The molecule has 8 heteroatoms. The molecule has 180 valence electrons. The Labute approximate surface area is 200 Å². The third-order valence-corrected chi connectivity index (χ3v) is 7.58. The van der Waals surface area contributed by atoms with Crippen LogP contribution in [0.15, 0.2) is 30.5 Å². The van der Waals surface area contributed by atoms with Crippen LogP contribution in [0.2, 0.25) is 0 Å². The minimum atomic E-state index is -0.666. The number of esters is 1. The number of rotatable bonds is 6. The van der Waals surface area contributed by atoms with Gasteiger partial charge in [0, 0.05) is 49.4 Å². The maximum Gasteiger partial charge on any atom is 0.358 e. The van der Waals surface area contributed by atoms with Crippen molar-refractivity contribution in [1.82, 2.24) is 19.8 Å². The number of carbonyl (C=O) groups excluding carboxylic acids is 2. The molecule has 2 aromatic rings. The number of amides is 1. The van der Waals surface area contributed by atoms with E-state index in [4.69, 9.17) is 9.47 Å². The Morgan fingerprint density at radius 3 is 2.65 bits per heavy atom. The van der Waals surface area contributed by atoms with Crippen LogP contribution in [0.25, 0.3) is 11.3 Å². The zero-order chi connectivity index (χ0) is 23.7. The Balaban J connectivity index is 1.25. The fourth-order valence-corrected chi connectivity index (χ4v) is 5.50. The normalized spacial score (nSPS) is 24.2. The molecule has 4 heterocycles. The molecular formula is C26H32N4O4. The van der Waals surface area contributed by atoms with Gasteiger partial charge in [0.2, 0.25) is 11.8 Å². The highest BCUT2D eigenvalue weighted by molar-refractivity contribution is 5.93. The fraction of sp³-hybridized carbons (Fsp3) is 0.538. The summed E-state index contributed by atoms with van der Waals surface area (Å²) in [4.78, 5) is 38.9. The van der Waals surface area contributed by atoms with Crippen LogP contribution in [0.3, 0.4) is 0 Å². The Hall–Kier alpha value is -3.00. The zero-order valence-corrected chi connectivity index (χ0v) is 20.0. The Morgan fingerprint density at radius 1 is 1.21 bits per heavy atom. The summed E-state index contributed by atoms with van der Waals surface area (Å²) in [7, 11) is 3.48. The van der Waals surface area contributed by atoms with Crippen molar-refractivity contribution >= 4 is 11.9 Å². The highest BCUT2D eigenvalue weighted by atomic mass is 16.6. The quantitative estimate of drug-likeness (QED) is 0.607. The van der Waals surface area contributed by atoms with Gasteiger partial charge >= 0.3 is 5.97 Å². The lowest BCUT2D eigenvalue weighted by Crippen LogP contribution is -2.41. The molecule has 2 aromatic heterocycles. The highest BCUT2D eigenvalue weighted by Crippen LogP contribution is 2.48. The molecule has 1 aliphatic carbocycles. The number of carbonyl (C=O) groups is 2. The number of methoxy groups -OCH3 is 1. The topological polar surface area (TPSA) is 84.9 Å². The SMILES string of the molecule is COc1ccc(-c2ccc3c(n2)C(=O)O[C@]32CC[C@H](C(=O)N(C)CCN3CCCC3)CC2)cn1. The standard InChI is InChI=1S/C26H32N4O4/c1-29(15-16-30-13-3-4-14-30)24(31)18-9-11-26(12-10-18)20-6-7-21(28-23(20)25(32)34-26)19-5-8-22(33-2)27-17-19/h5-8,17-18H,3-4,9-16H2,1-2H3/t18-,26-. The Kier molecular flexibility index (Phi) is 6.25.